The first kappa shape index (κ1) is 17.6. The molecule has 2 heterocycles. The van der Waals surface area contributed by atoms with E-state index in [1.54, 1.807) is 12.1 Å². The van der Waals surface area contributed by atoms with Crippen LogP contribution in [0.3, 0.4) is 0 Å². The van der Waals surface area contributed by atoms with Crippen LogP contribution in [0.5, 0.6) is 0 Å². The zero-order valence-electron chi connectivity index (χ0n) is 14.2. The minimum atomic E-state index is -3.83. The van der Waals surface area contributed by atoms with E-state index in [-0.39, 0.29) is 16.3 Å². The van der Waals surface area contributed by atoms with E-state index >= 15 is 0 Å². The Hall–Kier alpha value is -2.22. The highest BCUT2D eigenvalue weighted by Crippen LogP contribution is 2.22. The second-order valence-corrected chi connectivity index (χ2v) is 8.17. The van der Waals surface area contributed by atoms with E-state index in [0.29, 0.717) is 5.92 Å². The molecule has 6 nitrogen and oxygen atoms in total. The fraction of sp³-hybridized carbons (Fsp3) is 0.412. The van der Waals surface area contributed by atoms with E-state index in [2.05, 4.69) is 26.7 Å². The van der Waals surface area contributed by atoms with Crippen molar-refractivity contribution < 1.29 is 12.8 Å². The molecule has 134 valence electrons. The molecule has 0 amide bonds. The van der Waals surface area contributed by atoms with E-state index in [1.807, 2.05) is 0 Å². The molecule has 2 aromatic rings. The smallest absolute Gasteiger partial charge is 0.263 e. The standard InChI is InChI=1S/C17H21FN4O2S/c1-12-4-3-9-22(11-12)17-8-7-16(19-20-17)21-25(23,24)14-5-6-15(18)13(2)10-14/h5-8,10,12H,3-4,9,11H2,1-2H3,(H,19,21). The second kappa shape index (κ2) is 6.95. The van der Waals surface area contributed by atoms with Crippen molar-refractivity contribution in [2.24, 2.45) is 5.92 Å². The van der Waals surface area contributed by atoms with Gasteiger partial charge < -0.3 is 4.90 Å². The summed E-state index contributed by atoms with van der Waals surface area (Å²) >= 11 is 0. The summed E-state index contributed by atoms with van der Waals surface area (Å²) in [5.74, 6) is 1.04. The number of aryl methyl sites for hydroxylation is 1. The minimum Gasteiger partial charge on any atom is -0.355 e. The molecule has 0 aliphatic carbocycles. The summed E-state index contributed by atoms with van der Waals surface area (Å²) < 4.78 is 40.5. The quantitative estimate of drug-likeness (QED) is 0.903. The highest BCUT2D eigenvalue weighted by atomic mass is 32.2. The summed E-state index contributed by atoms with van der Waals surface area (Å²) in [4.78, 5) is 2.14. The molecule has 3 rings (SSSR count). The number of anilines is 2. The van der Waals surface area contributed by atoms with Crippen molar-refractivity contribution in [3.05, 3.63) is 41.7 Å². The van der Waals surface area contributed by atoms with Crippen molar-refractivity contribution in [3.8, 4) is 0 Å². The van der Waals surface area contributed by atoms with Crippen LogP contribution in [0, 0.1) is 18.7 Å². The van der Waals surface area contributed by atoms with Crippen molar-refractivity contribution in [1.82, 2.24) is 10.2 Å². The molecule has 1 aliphatic heterocycles. The van der Waals surface area contributed by atoms with Crippen LogP contribution in [0.25, 0.3) is 0 Å². The normalized spacial score (nSPS) is 18.2. The second-order valence-electron chi connectivity index (χ2n) is 6.49. The van der Waals surface area contributed by atoms with E-state index in [1.165, 1.54) is 25.5 Å². The number of aromatic nitrogens is 2. The highest BCUT2D eigenvalue weighted by molar-refractivity contribution is 7.92. The van der Waals surface area contributed by atoms with Crippen molar-refractivity contribution in [2.75, 3.05) is 22.7 Å². The highest BCUT2D eigenvalue weighted by Gasteiger charge is 2.19. The first-order valence-corrected chi connectivity index (χ1v) is 9.71. The molecule has 0 spiro atoms. The summed E-state index contributed by atoms with van der Waals surface area (Å²) in [6.07, 6.45) is 2.32. The van der Waals surface area contributed by atoms with Crippen LogP contribution in [0.1, 0.15) is 25.3 Å². The van der Waals surface area contributed by atoms with Gasteiger partial charge in [-0.05, 0) is 61.6 Å². The molecule has 0 saturated carbocycles. The maximum absolute atomic E-state index is 13.3. The molecule has 8 heteroatoms. The number of nitrogens with zero attached hydrogens (tertiary/aromatic N) is 3. The largest absolute Gasteiger partial charge is 0.355 e. The third-order valence-electron chi connectivity index (χ3n) is 4.31. The van der Waals surface area contributed by atoms with Crippen LogP contribution >= 0.6 is 0 Å². The number of hydrogen-bond donors (Lipinski definition) is 1. The first-order chi connectivity index (χ1) is 11.8. The Balaban J connectivity index is 1.75. The molecule has 1 unspecified atom stereocenters. The average molecular weight is 364 g/mol. The summed E-state index contributed by atoms with van der Waals surface area (Å²) in [5.41, 5.74) is 0.267. The average Bonchev–Trinajstić information content (AvgIpc) is 2.57. The molecular formula is C17H21FN4O2S. The molecule has 1 aromatic heterocycles. The number of nitrogens with one attached hydrogen (secondary N) is 1. The van der Waals surface area contributed by atoms with Crippen molar-refractivity contribution >= 4 is 21.7 Å². The molecule has 1 aliphatic rings. The van der Waals surface area contributed by atoms with Crippen molar-refractivity contribution in [1.29, 1.82) is 0 Å². The van der Waals surface area contributed by atoms with Gasteiger partial charge in [0.2, 0.25) is 0 Å². The lowest BCUT2D eigenvalue weighted by molar-refractivity contribution is 0.444. The number of sulfonamides is 1. The number of benzene rings is 1. The number of hydrogen-bond acceptors (Lipinski definition) is 5. The van der Waals surface area contributed by atoms with E-state index in [0.717, 1.165) is 31.4 Å². The van der Waals surface area contributed by atoms with Gasteiger partial charge in [0.05, 0.1) is 4.90 Å². The zero-order chi connectivity index (χ0) is 18.0. The molecule has 25 heavy (non-hydrogen) atoms. The molecule has 1 aromatic carbocycles. The number of rotatable bonds is 4. The summed E-state index contributed by atoms with van der Waals surface area (Å²) in [5, 5.41) is 8.11. The topological polar surface area (TPSA) is 75.2 Å². The van der Waals surface area contributed by atoms with Gasteiger partial charge in [0.25, 0.3) is 10.0 Å². The van der Waals surface area contributed by atoms with Crippen LogP contribution in [0.15, 0.2) is 35.2 Å². The predicted molar refractivity (Wildman–Crippen MR) is 94.6 cm³/mol. The van der Waals surface area contributed by atoms with Crippen LogP contribution in [0.2, 0.25) is 0 Å². The monoisotopic (exact) mass is 364 g/mol. The van der Waals surface area contributed by atoms with Gasteiger partial charge in [-0.15, -0.1) is 10.2 Å². The van der Waals surface area contributed by atoms with Gasteiger partial charge in [0.15, 0.2) is 11.6 Å². The molecule has 0 radical (unpaired) electrons. The van der Waals surface area contributed by atoms with Crippen molar-refractivity contribution in [2.45, 2.75) is 31.6 Å². The van der Waals surface area contributed by atoms with Gasteiger partial charge >= 0.3 is 0 Å². The third kappa shape index (κ3) is 4.07. The third-order valence-corrected chi connectivity index (χ3v) is 5.66. The van der Waals surface area contributed by atoms with E-state index in [9.17, 15) is 12.8 Å². The van der Waals surface area contributed by atoms with Crippen LogP contribution < -0.4 is 9.62 Å². The van der Waals surface area contributed by atoms with Gasteiger partial charge in [0.1, 0.15) is 5.82 Å². The fourth-order valence-corrected chi connectivity index (χ4v) is 4.01. The maximum atomic E-state index is 13.3. The summed E-state index contributed by atoms with van der Waals surface area (Å²) in [7, 11) is -3.83. The van der Waals surface area contributed by atoms with E-state index < -0.39 is 15.8 Å². The van der Waals surface area contributed by atoms with Gasteiger partial charge in [0, 0.05) is 13.1 Å². The Kier molecular flexibility index (Phi) is 4.89. The number of halogens is 1. The SMILES string of the molecule is Cc1cc(S(=O)(=O)Nc2ccc(N3CCCC(C)C3)nn2)ccc1F. The van der Waals surface area contributed by atoms with Gasteiger partial charge in [-0.2, -0.15) is 0 Å². The lowest BCUT2D eigenvalue weighted by Gasteiger charge is -2.31. The van der Waals surface area contributed by atoms with Crippen molar-refractivity contribution in [3.63, 3.8) is 0 Å². The van der Waals surface area contributed by atoms with Gasteiger partial charge in [-0.25, -0.2) is 12.8 Å². The Morgan fingerprint density at radius 3 is 2.68 bits per heavy atom. The first-order valence-electron chi connectivity index (χ1n) is 8.23. The summed E-state index contributed by atoms with van der Waals surface area (Å²) in [6, 6.07) is 7.00. The number of piperidine rings is 1. The Labute approximate surface area is 147 Å². The fourth-order valence-electron chi connectivity index (χ4n) is 2.93. The zero-order valence-corrected chi connectivity index (χ0v) is 15.1. The molecule has 1 saturated heterocycles. The minimum absolute atomic E-state index is 0.0119. The Bertz CT molecular complexity index is 855. The van der Waals surface area contributed by atoms with Crippen LogP contribution in [-0.4, -0.2) is 31.7 Å². The lowest BCUT2D eigenvalue weighted by atomic mass is 10.0. The van der Waals surface area contributed by atoms with Crippen LogP contribution in [0.4, 0.5) is 16.0 Å². The molecular weight excluding hydrogens is 343 g/mol. The Morgan fingerprint density at radius 1 is 1.24 bits per heavy atom. The predicted octanol–water partition coefficient (Wildman–Crippen LogP) is 2.96. The molecule has 1 N–H and O–H groups in total. The van der Waals surface area contributed by atoms with Crippen LogP contribution in [-0.2, 0) is 10.0 Å². The molecule has 0 bridgehead atoms. The van der Waals surface area contributed by atoms with Gasteiger partial charge in [-0.1, -0.05) is 6.92 Å². The Morgan fingerprint density at radius 2 is 2.04 bits per heavy atom. The van der Waals surface area contributed by atoms with Gasteiger partial charge in [-0.3, -0.25) is 4.72 Å². The lowest BCUT2D eigenvalue weighted by Crippen LogP contribution is -2.34. The molecule has 1 atom stereocenters. The molecule has 1 fully saturated rings. The summed E-state index contributed by atoms with van der Waals surface area (Å²) in [6.45, 7) is 5.57. The maximum Gasteiger partial charge on any atom is 0.263 e. The van der Waals surface area contributed by atoms with E-state index in [4.69, 9.17) is 0 Å².